The number of benzene rings is 1. The second-order valence-electron chi connectivity index (χ2n) is 11.8. The van der Waals surface area contributed by atoms with Gasteiger partial charge in [0, 0.05) is 50.3 Å². The number of nitrogens with two attached hydrogens (primary N) is 1. The van der Waals surface area contributed by atoms with E-state index in [1.165, 1.54) is 11.1 Å². The van der Waals surface area contributed by atoms with Crippen LogP contribution in [-0.4, -0.2) is 72.6 Å². The average molecular weight is 524 g/mol. The predicted molar refractivity (Wildman–Crippen MR) is 142 cm³/mol. The number of aromatic nitrogens is 2. The third-order valence-corrected chi connectivity index (χ3v) is 9.40. The van der Waals surface area contributed by atoms with Gasteiger partial charge >= 0.3 is 6.01 Å². The molecular formula is C29H38FN5O3. The molecule has 3 fully saturated rings. The Morgan fingerprint density at radius 2 is 2.05 bits per heavy atom. The van der Waals surface area contributed by atoms with Gasteiger partial charge < -0.3 is 24.8 Å². The van der Waals surface area contributed by atoms with Crippen molar-refractivity contribution in [3.63, 3.8) is 0 Å². The van der Waals surface area contributed by atoms with Gasteiger partial charge in [-0.15, -0.1) is 0 Å². The molecule has 38 heavy (non-hydrogen) atoms. The highest BCUT2D eigenvalue weighted by atomic mass is 19.1. The van der Waals surface area contributed by atoms with E-state index in [2.05, 4.69) is 21.9 Å². The standard InChI is InChI=1S/C29H38FN5O3/c30-21-15-28(7-2-10-35(28)17-21)19-37-27-32-25-16-29(8-1-4-20-5-6-22(31)14-24(20)29)38-18-23(25)26(33-27)34-9-3-12-36-13-11-34/h5-6,14,21H,1-4,7-13,15-19,31H2/t21-,28+,29+/m1/s1. The Morgan fingerprint density at radius 1 is 1.11 bits per heavy atom. The van der Waals surface area contributed by atoms with Gasteiger partial charge in [0.05, 0.1) is 30.0 Å². The van der Waals surface area contributed by atoms with E-state index in [9.17, 15) is 4.39 Å². The minimum atomic E-state index is -0.785. The van der Waals surface area contributed by atoms with Crippen molar-refractivity contribution in [3.05, 3.63) is 40.6 Å². The second-order valence-corrected chi connectivity index (χ2v) is 11.8. The van der Waals surface area contributed by atoms with Crippen molar-refractivity contribution in [2.75, 3.05) is 56.6 Å². The minimum absolute atomic E-state index is 0.237. The maximum atomic E-state index is 14.4. The summed E-state index contributed by atoms with van der Waals surface area (Å²) in [7, 11) is 0. The summed E-state index contributed by atoms with van der Waals surface area (Å²) in [4.78, 5) is 14.5. The SMILES string of the molecule is Nc1ccc2c(c1)[C@]1(CCC2)Cc2nc(OC[C@@]34CCCN3C[C@H](F)C4)nc(N3CCCOCC3)c2CO1. The molecule has 0 saturated carbocycles. The van der Waals surface area contributed by atoms with E-state index in [-0.39, 0.29) is 5.54 Å². The number of aryl methyl sites for hydroxylation is 1. The van der Waals surface area contributed by atoms with Gasteiger partial charge in [0.25, 0.3) is 0 Å². The molecule has 7 rings (SSSR count). The van der Waals surface area contributed by atoms with E-state index in [0.717, 1.165) is 87.5 Å². The fourth-order valence-corrected chi connectivity index (χ4v) is 7.52. The average Bonchev–Trinajstić information content (AvgIpc) is 3.29. The number of anilines is 2. The number of rotatable bonds is 4. The van der Waals surface area contributed by atoms with E-state index in [4.69, 9.17) is 29.9 Å². The van der Waals surface area contributed by atoms with E-state index in [1.54, 1.807) is 0 Å². The van der Waals surface area contributed by atoms with Gasteiger partial charge in [-0.2, -0.15) is 9.97 Å². The van der Waals surface area contributed by atoms with Gasteiger partial charge in [-0.3, -0.25) is 4.90 Å². The summed E-state index contributed by atoms with van der Waals surface area (Å²) >= 11 is 0. The fraction of sp³-hybridized carbons (Fsp3) is 0.655. The summed E-state index contributed by atoms with van der Waals surface area (Å²) < 4.78 is 33.2. The molecule has 2 aromatic rings. The van der Waals surface area contributed by atoms with Crippen LogP contribution in [0, 0.1) is 0 Å². The van der Waals surface area contributed by atoms with E-state index in [0.29, 0.717) is 45.2 Å². The normalized spacial score (nSPS) is 31.1. The van der Waals surface area contributed by atoms with Crippen LogP contribution in [0.1, 0.15) is 60.9 Å². The molecule has 1 aromatic carbocycles. The van der Waals surface area contributed by atoms with Crippen molar-refractivity contribution in [1.82, 2.24) is 14.9 Å². The first-order valence-corrected chi connectivity index (χ1v) is 14.3. The molecule has 8 nitrogen and oxygen atoms in total. The minimum Gasteiger partial charge on any atom is -0.461 e. The molecule has 2 N–H and O–H groups in total. The Hall–Kier alpha value is -2.49. The largest absolute Gasteiger partial charge is 0.461 e. The number of nitrogens with zero attached hydrogens (tertiary/aromatic N) is 4. The van der Waals surface area contributed by atoms with Crippen LogP contribution in [-0.2, 0) is 34.5 Å². The number of hydrogen-bond acceptors (Lipinski definition) is 8. The lowest BCUT2D eigenvalue weighted by Crippen LogP contribution is -2.44. The van der Waals surface area contributed by atoms with Gasteiger partial charge in [0.15, 0.2) is 0 Å². The van der Waals surface area contributed by atoms with E-state index < -0.39 is 11.8 Å². The van der Waals surface area contributed by atoms with Crippen molar-refractivity contribution >= 4 is 11.5 Å². The Morgan fingerprint density at radius 3 is 3.00 bits per heavy atom. The Kier molecular flexibility index (Phi) is 6.21. The first-order valence-electron chi connectivity index (χ1n) is 14.3. The monoisotopic (exact) mass is 523 g/mol. The molecule has 1 spiro atoms. The van der Waals surface area contributed by atoms with Gasteiger partial charge in [-0.05, 0) is 68.3 Å². The summed E-state index contributed by atoms with van der Waals surface area (Å²) in [6, 6.07) is 6.62. The Labute approximate surface area is 223 Å². The molecule has 0 unspecified atom stereocenters. The third-order valence-electron chi connectivity index (χ3n) is 9.40. The summed E-state index contributed by atoms with van der Waals surface area (Å²) in [6.45, 7) is 5.40. The Bertz CT molecular complexity index is 1200. The van der Waals surface area contributed by atoms with Crippen LogP contribution in [0.2, 0.25) is 0 Å². The zero-order chi connectivity index (χ0) is 25.7. The first kappa shape index (κ1) is 24.5. The quantitative estimate of drug-likeness (QED) is 0.609. The molecule has 3 saturated heterocycles. The highest BCUT2D eigenvalue weighted by molar-refractivity contribution is 5.54. The van der Waals surface area contributed by atoms with Crippen molar-refractivity contribution in [1.29, 1.82) is 0 Å². The van der Waals surface area contributed by atoms with Crippen molar-refractivity contribution in [2.45, 2.75) is 75.3 Å². The number of hydrogen-bond donors (Lipinski definition) is 1. The molecule has 9 heteroatoms. The maximum Gasteiger partial charge on any atom is 0.318 e. The smallest absolute Gasteiger partial charge is 0.318 e. The molecular weight excluding hydrogens is 485 g/mol. The van der Waals surface area contributed by atoms with Gasteiger partial charge in [0.1, 0.15) is 18.6 Å². The van der Waals surface area contributed by atoms with Gasteiger partial charge in [-0.1, -0.05) is 6.07 Å². The van der Waals surface area contributed by atoms with E-state index >= 15 is 0 Å². The number of fused-ring (bicyclic) bond motifs is 4. The zero-order valence-corrected chi connectivity index (χ0v) is 22.1. The fourth-order valence-electron chi connectivity index (χ4n) is 7.52. The van der Waals surface area contributed by atoms with Crippen LogP contribution in [0.25, 0.3) is 0 Å². The lowest BCUT2D eigenvalue weighted by molar-refractivity contribution is -0.0855. The van der Waals surface area contributed by atoms with Crippen molar-refractivity contribution in [2.24, 2.45) is 0 Å². The third kappa shape index (κ3) is 4.23. The zero-order valence-electron chi connectivity index (χ0n) is 22.1. The highest BCUT2D eigenvalue weighted by Gasteiger charge is 2.49. The molecule has 0 amide bonds. The van der Waals surface area contributed by atoms with Gasteiger partial charge in [-0.25, -0.2) is 4.39 Å². The molecule has 0 bridgehead atoms. The first-order chi connectivity index (χ1) is 18.5. The lowest BCUT2D eigenvalue weighted by Gasteiger charge is -2.43. The van der Waals surface area contributed by atoms with E-state index in [1.807, 2.05) is 6.07 Å². The number of alkyl halides is 1. The molecule has 5 heterocycles. The maximum absolute atomic E-state index is 14.4. The predicted octanol–water partition coefficient (Wildman–Crippen LogP) is 3.55. The molecule has 3 atom stereocenters. The molecule has 4 aliphatic heterocycles. The molecule has 1 aliphatic carbocycles. The van der Waals surface area contributed by atoms with Crippen LogP contribution in [0.15, 0.2) is 18.2 Å². The summed E-state index contributed by atoms with van der Waals surface area (Å²) in [5, 5.41) is 0. The van der Waals surface area contributed by atoms with Crippen LogP contribution in [0.4, 0.5) is 15.9 Å². The Balaban J connectivity index is 1.24. The molecule has 1 aromatic heterocycles. The van der Waals surface area contributed by atoms with Gasteiger partial charge in [0.2, 0.25) is 0 Å². The highest BCUT2D eigenvalue weighted by Crippen LogP contribution is 2.47. The summed E-state index contributed by atoms with van der Waals surface area (Å²) in [5.74, 6) is 0.893. The van der Waals surface area contributed by atoms with Crippen molar-refractivity contribution < 1.29 is 18.6 Å². The number of ether oxygens (including phenoxy) is 3. The number of nitrogen functional groups attached to an aromatic ring is 1. The summed E-state index contributed by atoms with van der Waals surface area (Å²) in [6.07, 6.45) is 6.45. The van der Waals surface area contributed by atoms with Crippen LogP contribution in [0.3, 0.4) is 0 Å². The second kappa shape index (κ2) is 9.61. The molecule has 5 aliphatic rings. The lowest BCUT2D eigenvalue weighted by atomic mass is 9.74. The number of halogens is 1. The molecule has 204 valence electrons. The van der Waals surface area contributed by atoms with Crippen LogP contribution in [0.5, 0.6) is 6.01 Å². The van der Waals surface area contributed by atoms with Crippen LogP contribution < -0.4 is 15.4 Å². The molecule has 0 radical (unpaired) electrons. The topological polar surface area (TPSA) is 86.0 Å². The van der Waals surface area contributed by atoms with Crippen LogP contribution >= 0.6 is 0 Å². The van der Waals surface area contributed by atoms with Crippen molar-refractivity contribution in [3.8, 4) is 6.01 Å². The summed E-state index contributed by atoms with van der Waals surface area (Å²) in [5.41, 5.74) is 10.9.